The van der Waals surface area contributed by atoms with Crippen LogP contribution >= 0.6 is 11.6 Å². The highest BCUT2D eigenvalue weighted by Crippen LogP contribution is 2.29. The van der Waals surface area contributed by atoms with Gasteiger partial charge in [-0.1, -0.05) is 11.6 Å². The molecule has 1 fully saturated rings. The van der Waals surface area contributed by atoms with Gasteiger partial charge < -0.3 is 14.9 Å². The molecule has 1 aliphatic rings. The van der Waals surface area contributed by atoms with Crippen molar-refractivity contribution in [3.8, 4) is 11.4 Å². The SMILES string of the molecule is CC(C)(N1CCC(Nc2nc(-c3c[nH]c4ncc(Cl)cc34)ncc2F)C1)S(=O)[O-]. The van der Waals surface area contributed by atoms with Gasteiger partial charge in [-0.05, 0) is 37.4 Å². The molecule has 0 bridgehead atoms. The molecular formula is C18H19ClFN6O2S-. The lowest BCUT2D eigenvalue weighted by atomic mass is 10.2. The lowest BCUT2D eigenvalue weighted by molar-refractivity contribution is 0.225. The van der Waals surface area contributed by atoms with E-state index in [1.807, 2.05) is 4.90 Å². The summed E-state index contributed by atoms with van der Waals surface area (Å²) < 4.78 is 37.3. The normalized spacial score (nSPS) is 19.0. The molecule has 1 saturated heterocycles. The van der Waals surface area contributed by atoms with Crippen LogP contribution in [0, 0.1) is 5.82 Å². The maximum absolute atomic E-state index is 14.4. The lowest BCUT2D eigenvalue weighted by Gasteiger charge is -2.37. The third kappa shape index (κ3) is 3.85. The van der Waals surface area contributed by atoms with Crippen molar-refractivity contribution in [2.75, 3.05) is 18.4 Å². The number of H-pyrrole nitrogens is 1. The van der Waals surface area contributed by atoms with Crippen LogP contribution in [0.3, 0.4) is 0 Å². The van der Waals surface area contributed by atoms with Crippen LogP contribution in [0.1, 0.15) is 20.3 Å². The van der Waals surface area contributed by atoms with Gasteiger partial charge in [-0.25, -0.2) is 19.3 Å². The fourth-order valence-electron chi connectivity index (χ4n) is 3.43. The molecule has 0 amide bonds. The lowest BCUT2D eigenvalue weighted by Crippen LogP contribution is -2.46. The Morgan fingerprint density at radius 3 is 2.97 bits per heavy atom. The largest absolute Gasteiger partial charge is 0.771 e. The number of hydrogen-bond acceptors (Lipinski definition) is 7. The molecule has 11 heteroatoms. The molecule has 8 nitrogen and oxygen atoms in total. The molecule has 0 radical (unpaired) electrons. The first-order chi connectivity index (χ1) is 13.8. The van der Waals surface area contributed by atoms with Crippen LogP contribution in [0.4, 0.5) is 10.2 Å². The Hall–Kier alpha value is -2.14. The monoisotopic (exact) mass is 437 g/mol. The molecule has 0 spiro atoms. The molecule has 2 unspecified atom stereocenters. The molecule has 0 saturated carbocycles. The smallest absolute Gasteiger partial charge is 0.183 e. The van der Waals surface area contributed by atoms with E-state index >= 15 is 0 Å². The Labute approximate surface area is 174 Å². The van der Waals surface area contributed by atoms with Gasteiger partial charge in [-0.3, -0.25) is 9.11 Å². The molecule has 3 aromatic heterocycles. The van der Waals surface area contributed by atoms with Crippen LogP contribution in [0.15, 0.2) is 24.7 Å². The van der Waals surface area contributed by atoms with E-state index in [4.69, 9.17) is 11.6 Å². The van der Waals surface area contributed by atoms with E-state index in [-0.39, 0.29) is 11.9 Å². The first-order valence-corrected chi connectivity index (χ1v) is 10.5. The summed E-state index contributed by atoms with van der Waals surface area (Å²) in [7, 11) is 0. The van der Waals surface area contributed by atoms with Crippen LogP contribution in [0.2, 0.25) is 5.02 Å². The van der Waals surface area contributed by atoms with Gasteiger partial charge in [-0.15, -0.1) is 0 Å². The second kappa shape index (κ2) is 7.60. The maximum atomic E-state index is 14.4. The highest BCUT2D eigenvalue weighted by Gasteiger charge is 2.34. The van der Waals surface area contributed by atoms with E-state index in [9.17, 15) is 13.2 Å². The Morgan fingerprint density at radius 1 is 1.41 bits per heavy atom. The van der Waals surface area contributed by atoms with Crippen LogP contribution in [-0.4, -0.2) is 57.6 Å². The summed E-state index contributed by atoms with van der Waals surface area (Å²) >= 11 is 3.80. The number of halogens is 2. The minimum Gasteiger partial charge on any atom is -0.771 e. The zero-order valence-electron chi connectivity index (χ0n) is 15.8. The van der Waals surface area contributed by atoms with Crippen molar-refractivity contribution in [2.24, 2.45) is 0 Å². The summed E-state index contributed by atoms with van der Waals surface area (Å²) in [5, 5.41) is 4.30. The summed E-state index contributed by atoms with van der Waals surface area (Å²) in [6.07, 6.45) is 5.02. The molecule has 0 aliphatic carbocycles. The Balaban J connectivity index is 1.58. The highest BCUT2D eigenvalue weighted by atomic mass is 35.5. The molecule has 4 heterocycles. The first kappa shape index (κ1) is 20.1. The van der Waals surface area contributed by atoms with E-state index in [0.29, 0.717) is 41.6 Å². The van der Waals surface area contributed by atoms with Gasteiger partial charge >= 0.3 is 0 Å². The summed E-state index contributed by atoms with van der Waals surface area (Å²) in [6, 6.07) is 1.62. The van der Waals surface area contributed by atoms with Crippen LogP contribution in [0.25, 0.3) is 22.4 Å². The third-order valence-electron chi connectivity index (χ3n) is 5.18. The molecule has 3 aromatic rings. The van der Waals surface area contributed by atoms with E-state index < -0.39 is 21.8 Å². The van der Waals surface area contributed by atoms with Crippen molar-refractivity contribution in [1.29, 1.82) is 0 Å². The summed E-state index contributed by atoms with van der Waals surface area (Å²) in [5.74, 6) is -0.165. The van der Waals surface area contributed by atoms with Gasteiger partial charge in [0.05, 0.1) is 16.1 Å². The van der Waals surface area contributed by atoms with Crippen molar-refractivity contribution in [3.63, 3.8) is 0 Å². The van der Waals surface area contributed by atoms with Gasteiger partial charge in [0.1, 0.15) is 5.65 Å². The molecule has 154 valence electrons. The van der Waals surface area contributed by atoms with E-state index in [1.54, 1.807) is 26.1 Å². The fourth-order valence-corrected chi connectivity index (χ4v) is 3.96. The van der Waals surface area contributed by atoms with Gasteiger partial charge in [0.2, 0.25) is 0 Å². The van der Waals surface area contributed by atoms with Crippen molar-refractivity contribution >= 4 is 39.5 Å². The Morgan fingerprint density at radius 2 is 2.21 bits per heavy atom. The van der Waals surface area contributed by atoms with Crippen LogP contribution in [-0.2, 0) is 11.1 Å². The van der Waals surface area contributed by atoms with Crippen LogP contribution in [0.5, 0.6) is 0 Å². The molecule has 2 atom stereocenters. The summed E-state index contributed by atoms with van der Waals surface area (Å²) in [5.41, 5.74) is 1.29. The minimum atomic E-state index is -2.24. The van der Waals surface area contributed by atoms with Crippen LogP contribution < -0.4 is 5.32 Å². The first-order valence-electron chi connectivity index (χ1n) is 9.02. The van der Waals surface area contributed by atoms with E-state index in [2.05, 4.69) is 25.3 Å². The maximum Gasteiger partial charge on any atom is 0.183 e. The van der Waals surface area contributed by atoms with Gasteiger partial charge in [-0.2, -0.15) is 0 Å². The number of aromatic nitrogens is 4. The van der Waals surface area contributed by atoms with Crippen molar-refractivity contribution in [1.82, 2.24) is 24.8 Å². The highest BCUT2D eigenvalue weighted by molar-refractivity contribution is 7.80. The summed E-state index contributed by atoms with van der Waals surface area (Å²) in [4.78, 5) is 16.6. The Bertz CT molecular complexity index is 1090. The predicted molar refractivity (Wildman–Crippen MR) is 109 cm³/mol. The standard InChI is InChI=1S/C18H20ClFN6O2S/c1-18(2,29(27)28)26-4-3-11(9-26)24-17-14(20)8-23-16(25-17)13-7-22-15-12(13)5-10(19)6-21-15/h5-8,11H,3-4,9H2,1-2H3,(H,21,22)(H,27,28)(H,23,24,25)/p-1. The molecular weight excluding hydrogens is 419 g/mol. The number of rotatable bonds is 5. The Kier molecular flexibility index (Phi) is 5.28. The number of fused-ring (bicyclic) bond motifs is 1. The molecule has 2 N–H and O–H groups in total. The third-order valence-corrected chi connectivity index (χ3v) is 6.46. The fraction of sp³-hybridized carbons (Fsp3) is 0.389. The quantitative estimate of drug-likeness (QED) is 0.590. The van der Waals surface area contributed by atoms with E-state index in [1.165, 1.54) is 6.20 Å². The minimum absolute atomic E-state index is 0.0761. The topological polar surface area (TPSA) is 110 Å². The predicted octanol–water partition coefficient (Wildman–Crippen LogP) is 2.91. The zero-order chi connectivity index (χ0) is 20.8. The van der Waals surface area contributed by atoms with Crippen molar-refractivity contribution in [3.05, 3.63) is 35.5 Å². The summed E-state index contributed by atoms with van der Waals surface area (Å²) in [6.45, 7) is 4.35. The second-order valence-electron chi connectivity index (χ2n) is 7.40. The molecule has 0 aromatic carbocycles. The van der Waals surface area contributed by atoms with Crippen molar-refractivity contribution < 1.29 is 13.2 Å². The average Bonchev–Trinajstić information content (AvgIpc) is 3.30. The number of nitrogens with zero attached hydrogens (tertiary/aromatic N) is 4. The van der Waals surface area contributed by atoms with Gasteiger partial charge in [0.15, 0.2) is 17.5 Å². The van der Waals surface area contributed by atoms with E-state index in [0.717, 1.165) is 11.6 Å². The number of hydrogen-bond donors (Lipinski definition) is 2. The average molecular weight is 438 g/mol. The number of anilines is 1. The second-order valence-corrected chi connectivity index (χ2v) is 9.30. The zero-order valence-corrected chi connectivity index (χ0v) is 17.4. The molecule has 1 aliphatic heterocycles. The number of aromatic amines is 1. The van der Waals surface area contributed by atoms with Gasteiger partial charge in [0.25, 0.3) is 0 Å². The van der Waals surface area contributed by atoms with Gasteiger partial charge in [0, 0.05) is 42.5 Å². The number of pyridine rings is 1. The van der Waals surface area contributed by atoms with Crippen molar-refractivity contribution in [2.45, 2.75) is 31.2 Å². The molecule has 4 rings (SSSR count). The number of likely N-dealkylation sites (tertiary alicyclic amines) is 1. The number of nitrogens with one attached hydrogen (secondary N) is 2. The molecule has 29 heavy (non-hydrogen) atoms.